The molecule has 7 unspecified atom stereocenters. The van der Waals surface area contributed by atoms with Crippen LogP contribution in [0.4, 0.5) is 0 Å². The van der Waals surface area contributed by atoms with E-state index < -0.39 is 0 Å². The molecule has 0 bridgehead atoms. The van der Waals surface area contributed by atoms with Crippen molar-refractivity contribution >= 4 is 11.6 Å². The smallest absolute Gasteiger partial charge is 0.133 e. The summed E-state index contributed by atoms with van der Waals surface area (Å²) < 4.78 is 0. The first-order chi connectivity index (χ1) is 10.9. The van der Waals surface area contributed by atoms with Gasteiger partial charge in [-0.15, -0.1) is 0 Å². The third-order valence-electron chi connectivity index (χ3n) is 8.89. The Morgan fingerprint density at radius 2 is 1.78 bits per heavy atom. The molecular weight excluding hydrogens is 284 g/mol. The summed E-state index contributed by atoms with van der Waals surface area (Å²) in [6, 6.07) is 0. The van der Waals surface area contributed by atoms with E-state index in [1.54, 1.807) is 6.92 Å². The van der Waals surface area contributed by atoms with Crippen LogP contribution < -0.4 is 0 Å². The minimum absolute atomic E-state index is 0.00712. The van der Waals surface area contributed by atoms with Gasteiger partial charge in [0.2, 0.25) is 0 Å². The molecule has 0 N–H and O–H groups in total. The average molecular weight is 316 g/mol. The zero-order valence-electron chi connectivity index (χ0n) is 15.1. The lowest BCUT2D eigenvalue weighted by molar-refractivity contribution is -0.161. The van der Waals surface area contributed by atoms with Crippen molar-refractivity contribution in [1.82, 2.24) is 0 Å². The summed E-state index contributed by atoms with van der Waals surface area (Å²) in [7, 11) is 0. The van der Waals surface area contributed by atoms with E-state index in [-0.39, 0.29) is 17.1 Å². The molecule has 7 atom stereocenters. The molecule has 0 aliphatic heterocycles. The first-order valence-corrected chi connectivity index (χ1v) is 9.88. The molecule has 128 valence electrons. The Labute approximate surface area is 140 Å². The van der Waals surface area contributed by atoms with Crippen LogP contribution in [-0.4, -0.2) is 11.6 Å². The normalized spacial score (nSPS) is 52.5. The summed E-state index contributed by atoms with van der Waals surface area (Å²) in [5.41, 5.74) is 0.660. The topological polar surface area (TPSA) is 34.1 Å². The minimum Gasteiger partial charge on any atom is -0.300 e. The van der Waals surface area contributed by atoms with Crippen molar-refractivity contribution in [1.29, 1.82) is 0 Å². The first-order valence-electron chi connectivity index (χ1n) is 9.88. The van der Waals surface area contributed by atoms with Crippen molar-refractivity contribution in [3.8, 4) is 0 Å². The standard InChI is InChI=1S/C21H32O2/c1-13(22)19-12-15(23)11-14-6-7-16-17-5-4-9-20(17,2)10-8-18(16)21(14,19)3/h14,16-19H,4-12H2,1-3H3. The molecule has 0 aromatic rings. The van der Waals surface area contributed by atoms with Crippen molar-refractivity contribution in [3.05, 3.63) is 0 Å². The van der Waals surface area contributed by atoms with Gasteiger partial charge in [0.05, 0.1) is 0 Å². The van der Waals surface area contributed by atoms with Gasteiger partial charge in [0.15, 0.2) is 0 Å². The number of ketones is 2. The number of Topliss-reactive ketones (excluding diaryl/α,β-unsaturated/α-hetero) is 2. The molecule has 0 radical (unpaired) electrons. The van der Waals surface area contributed by atoms with Gasteiger partial charge in [0.25, 0.3) is 0 Å². The lowest BCUT2D eigenvalue weighted by atomic mass is 9.42. The van der Waals surface area contributed by atoms with E-state index in [4.69, 9.17) is 0 Å². The van der Waals surface area contributed by atoms with Gasteiger partial charge in [0, 0.05) is 18.8 Å². The average Bonchev–Trinajstić information content (AvgIpc) is 2.88. The summed E-state index contributed by atoms with van der Waals surface area (Å²) in [6.07, 6.45) is 10.6. The van der Waals surface area contributed by atoms with Crippen LogP contribution in [0.2, 0.25) is 0 Å². The zero-order chi connectivity index (χ0) is 16.4. The molecule has 23 heavy (non-hydrogen) atoms. The molecule has 4 fully saturated rings. The maximum Gasteiger partial charge on any atom is 0.133 e. The van der Waals surface area contributed by atoms with Crippen LogP contribution in [0.15, 0.2) is 0 Å². The second-order valence-electron chi connectivity index (χ2n) is 9.71. The molecule has 0 spiro atoms. The van der Waals surface area contributed by atoms with Crippen LogP contribution >= 0.6 is 0 Å². The van der Waals surface area contributed by atoms with E-state index in [9.17, 15) is 9.59 Å². The monoisotopic (exact) mass is 316 g/mol. The van der Waals surface area contributed by atoms with Gasteiger partial charge in [-0.1, -0.05) is 20.3 Å². The lowest BCUT2D eigenvalue weighted by Crippen LogP contribution is -2.57. The fraction of sp³-hybridized carbons (Fsp3) is 0.905. The van der Waals surface area contributed by atoms with E-state index in [1.807, 2.05) is 0 Å². The van der Waals surface area contributed by atoms with Crippen LogP contribution in [0, 0.1) is 40.4 Å². The van der Waals surface area contributed by atoms with Crippen molar-refractivity contribution in [2.24, 2.45) is 40.4 Å². The van der Waals surface area contributed by atoms with Gasteiger partial charge in [0.1, 0.15) is 11.6 Å². The van der Waals surface area contributed by atoms with Gasteiger partial charge in [-0.2, -0.15) is 0 Å². The summed E-state index contributed by atoms with van der Waals surface area (Å²) in [5.74, 6) is 3.44. The number of hydrogen-bond donors (Lipinski definition) is 0. The highest BCUT2D eigenvalue weighted by Crippen LogP contribution is 2.67. The Hall–Kier alpha value is -0.660. The third kappa shape index (κ3) is 2.12. The van der Waals surface area contributed by atoms with Crippen LogP contribution in [0.1, 0.15) is 78.6 Å². The highest BCUT2D eigenvalue weighted by atomic mass is 16.1. The van der Waals surface area contributed by atoms with Crippen LogP contribution in [0.3, 0.4) is 0 Å². The lowest BCUT2D eigenvalue weighted by Gasteiger charge is -2.61. The molecule has 4 saturated carbocycles. The van der Waals surface area contributed by atoms with E-state index >= 15 is 0 Å². The van der Waals surface area contributed by atoms with Crippen molar-refractivity contribution in [2.75, 3.05) is 0 Å². The molecule has 0 heterocycles. The maximum absolute atomic E-state index is 12.4. The van der Waals surface area contributed by atoms with Gasteiger partial charge in [-0.3, -0.25) is 9.59 Å². The molecule has 0 saturated heterocycles. The highest BCUT2D eigenvalue weighted by molar-refractivity contribution is 5.89. The molecule has 0 aromatic heterocycles. The Bertz CT molecular complexity index is 538. The Kier molecular flexibility index (Phi) is 3.56. The molecule has 2 heteroatoms. The molecule has 2 nitrogen and oxygen atoms in total. The predicted molar refractivity (Wildman–Crippen MR) is 90.9 cm³/mol. The molecule has 0 amide bonds. The fourth-order valence-corrected chi connectivity index (χ4v) is 7.72. The Balaban J connectivity index is 1.71. The second kappa shape index (κ2) is 5.17. The number of hydrogen-bond acceptors (Lipinski definition) is 2. The van der Waals surface area contributed by atoms with Crippen LogP contribution in [0.5, 0.6) is 0 Å². The van der Waals surface area contributed by atoms with Crippen molar-refractivity contribution < 1.29 is 9.59 Å². The van der Waals surface area contributed by atoms with Gasteiger partial charge in [-0.05, 0) is 80.0 Å². The maximum atomic E-state index is 12.4. The highest BCUT2D eigenvalue weighted by Gasteiger charge is 2.61. The predicted octanol–water partition coefficient (Wildman–Crippen LogP) is 4.80. The Morgan fingerprint density at radius 3 is 2.52 bits per heavy atom. The third-order valence-corrected chi connectivity index (χ3v) is 8.89. The van der Waals surface area contributed by atoms with Gasteiger partial charge in [-0.25, -0.2) is 0 Å². The molecule has 4 aliphatic carbocycles. The number of carbonyl (C=O) groups excluding carboxylic acids is 2. The summed E-state index contributed by atoms with van der Waals surface area (Å²) in [5, 5.41) is 0. The van der Waals surface area contributed by atoms with Gasteiger partial charge >= 0.3 is 0 Å². The SMILES string of the molecule is CC(=O)C1CC(=O)CC2CCC3C4CCCC4(C)CCC3C21C. The molecular formula is C21H32O2. The number of carbonyl (C=O) groups is 2. The van der Waals surface area contributed by atoms with Crippen LogP contribution in [-0.2, 0) is 9.59 Å². The quantitative estimate of drug-likeness (QED) is 0.696. The first kappa shape index (κ1) is 15.8. The zero-order valence-corrected chi connectivity index (χ0v) is 15.1. The number of fused-ring (bicyclic) bond motifs is 5. The molecule has 4 rings (SSSR count). The van der Waals surface area contributed by atoms with Gasteiger partial charge < -0.3 is 0 Å². The fourth-order valence-electron chi connectivity index (χ4n) is 7.72. The second-order valence-corrected chi connectivity index (χ2v) is 9.71. The Morgan fingerprint density at radius 1 is 1.00 bits per heavy atom. The summed E-state index contributed by atoms with van der Waals surface area (Å²) in [6.45, 7) is 6.66. The summed E-state index contributed by atoms with van der Waals surface area (Å²) >= 11 is 0. The summed E-state index contributed by atoms with van der Waals surface area (Å²) in [4.78, 5) is 24.6. The van der Waals surface area contributed by atoms with E-state index in [0.29, 0.717) is 29.5 Å². The molecule has 4 aliphatic rings. The number of rotatable bonds is 1. The van der Waals surface area contributed by atoms with Crippen molar-refractivity contribution in [2.45, 2.75) is 78.6 Å². The molecule has 0 aromatic carbocycles. The van der Waals surface area contributed by atoms with Crippen molar-refractivity contribution in [3.63, 3.8) is 0 Å². The minimum atomic E-state index is -0.00712. The van der Waals surface area contributed by atoms with E-state index in [0.717, 1.165) is 18.3 Å². The van der Waals surface area contributed by atoms with Crippen LogP contribution in [0.25, 0.3) is 0 Å². The van der Waals surface area contributed by atoms with E-state index in [1.165, 1.54) is 44.9 Å². The van der Waals surface area contributed by atoms with E-state index in [2.05, 4.69) is 13.8 Å². The largest absolute Gasteiger partial charge is 0.300 e.